The van der Waals surface area contributed by atoms with Crippen molar-refractivity contribution < 1.29 is 17.7 Å². The fourth-order valence-corrected chi connectivity index (χ4v) is 6.29. The third-order valence-electron chi connectivity index (χ3n) is 5.00. The van der Waals surface area contributed by atoms with Crippen molar-refractivity contribution >= 4 is 33.0 Å². The van der Waals surface area contributed by atoms with Gasteiger partial charge in [0.05, 0.1) is 5.92 Å². The number of anilines is 1. The average Bonchev–Trinajstić information content (AvgIpc) is 3.37. The van der Waals surface area contributed by atoms with Crippen LogP contribution in [0.4, 0.5) is 5.69 Å². The first-order valence-electron chi connectivity index (χ1n) is 9.60. The predicted octanol–water partition coefficient (Wildman–Crippen LogP) is 3.45. The van der Waals surface area contributed by atoms with Crippen LogP contribution in [0, 0.1) is 19.8 Å². The van der Waals surface area contributed by atoms with Crippen molar-refractivity contribution in [1.29, 1.82) is 0 Å². The third-order valence-corrected chi connectivity index (χ3v) is 8.28. The zero-order chi connectivity index (χ0) is 21.3. The lowest BCUT2D eigenvalue weighted by atomic mass is 9.98. The Morgan fingerprint density at radius 1 is 1.30 bits per heavy atom. The van der Waals surface area contributed by atoms with Crippen molar-refractivity contribution in [1.82, 2.24) is 14.4 Å². The second-order valence-corrected chi connectivity index (χ2v) is 10.4. The molecule has 2 aromatic heterocycles. The monoisotopic (exact) mass is 446 g/mol. The maximum absolute atomic E-state index is 13.1. The van der Waals surface area contributed by atoms with Gasteiger partial charge in [-0.2, -0.15) is 9.29 Å². The molecule has 1 N–H and O–H groups in total. The van der Waals surface area contributed by atoms with Gasteiger partial charge in [0.25, 0.3) is 10.0 Å². The highest BCUT2D eigenvalue weighted by Crippen LogP contribution is 2.31. The van der Waals surface area contributed by atoms with Crippen LogP contribution in [-0.2, 0) is 14.8 Å². The van der Waals surface area contributed by atoms with E-state index in [1.807, 2.05) is 31.2 Å². The van der Waals surface area contributed by atoms with Gasteiger partial charge in [-0.1, -0.05) is 17.3 Å². The number of thiophene rings is 1. The van der Waals surface area contributed by atoms with Gasteiger partial charge >= 0.3 is 0 Å². The average molecular weight is 447 g/mol. The highest BCUT2D eigenvalue weighted by molar-refractivity contribution is 7.91. The smallest absolute Gasteiger partial charge is 0.252 e. The molecule has 158 valence electrons. The van der Waals surface area contributed by atoms with E-state index in [1.54, 1.807) is 18.4 Å². The molecule has 1 amide bonds. The number of aryl methyl sites for hydroxylation is 2. The number of sulfonamides is 1. The van der Waals surface area contributed by atoms with Crippen LogP contribution >= 0.6 is 11.3 Å². The number of hydrogen-bond acceptors (Lipinski definition) is 7. The third kappa shape index (κ3) is 4.30. The lowest BCUT2D eigenvalue weighted by molar-refractivity contribution is -0.120. The normalized spacial score (nSPS) is 17.7. The second kappa shape index (κ2) is 8.29. The summed E-state index contributed by atoms with van der Waals surface area (Å²) < 4.78 is 32.9. The van der Waals surface area contributed by atoms with E-state index < -0.39 is 15.9 Å². The molecule has 0 bridgehead atoms. The lowest BCUT2D eigenvalue weighted by Gasteiger charge is -2.30. The quantitative estimate of drug-likeness (QED) is 0.643. The highest BCUT2D eigenvalue weighted by atomic mass is 32.2. The molecule has 3 heterocycles. The topological polar surface area (TPSA) is 105 Å². The van der Waals surface area contributed by atoms with Crippen LogP contribution in [-0.4, -0.2) is 41.9 Å². The van der Waals surface area contributed by atoms with Crippen molar-refractivity contribution in [3.63, 3.8) is 0 Å². The summed E-state index contributed by atoms with van der Waals surface area (Å²) in [7, 11) is -3.70. The van der Waals surface area contributed by atoms with E-state index in [9.17, 15) is 13.2 Å². The number of piperidine rings is 1. The largest absolute Gasteiger partial charge is 0.339 e. The number of nitrogens with one attached hydrogen (secondary N) is 1. The minimum Gasteiger partial charge on any atom is -0.339 e. The zero-order valence-electron chi connectivity index (χ0n) is 16.7. The summed E-state index contributed by atoms with van der Waals surface area (Å²) in [6.07, 6.45) is 1.29. The van der Waals surface area contributed by atoms with E-state index in [-0.39, 0.29) is 16.7 Å². The summed E-state index contributed by atoms with van der Waals surface area (Å²) >= 11 is 1.12. The molecule has 1 aliphatic heterocycles. The van der Waals surface area contributed by atoms with Crippen LogP contribution in [0.25, 0.3) is 11.4 Å². The molecular formula is C20H22N4O4S2. The van der Waals surface area contributed by atoms with Crippen LogP contribution in [0.1, 0.15) is 24.3 Å². The Kier molecular flexibility index (Phi) is 5.72. The number of nitrogens with zero attached hydrogens (tertiary/aromatic N) is 3. The molecule has 1 fully saturated rings. The van der Waals surface area contributed by atoms with Gasteiger partial charge in [0, 0.05) is 36.6 Å². The van der Waals surface area contributed by atoms with Gasteiger partial charge in [0.1, 0.15) is 4.21 Å². The van der Waals surface area contributed by atoms with Gasteiger partial charge in [-0.3, -0.25) is 4.79 Å². The Bertz CT molecular complexity index is 1170. The summed E-state index contributed by atoms with van der Waals surface area (Å²) in [5.74, 6) is 0.223. The van der Waals surface area contributed by atoms with Crippen LogP contribution in [0.15, 0.2) is 44.4 Å². The summed E-state index contributed by atoms with van der Waals surface area (Å²) in [5, 5.41) is 8.44. The van der Waals surface area contributed by atoms with Crippen molar-refractivity contribution in [3.8, 4) is 11.4 Å². The Balaban J connectivity index is 1.48. The predicted molar refractivity (Wildman–Crippen MR) is 114 cm³/mol. The van der Waals surface area contributed by atoms with Crippen LogP contribution in [0.5, 0.6) is 0 Å². The molecule has 0 unspecified atom stereocenters. The molecule has 30 heavy (non-hydrogen) atoms. The fourth-order valence-electron chi connectivity index (χ4n) is 3.45. The van der Waals surface area contributed by atoms with Gasteiger partial charge in [-0.15, -0.1) is 11.3 Å². The standard InChI is InChI=1S/C20H22N4O4S2/c1-13-5-3-7-17(9-13)22-20(25)15-6-4-8-24(11-15)30(26,27)18-10-16(12-29-18)19-21-14(2)28-23-19/h3,5,7,9-10,12,15H,4,6,8,11H2,1-2H3,(H,22,25)/t15-/m0/s1. The Morgan fingerprint density at radius 3 is 2.87 bits per heavy atom. The summed E-state index contributed by atoms with van der Waals surface area (Å²) in [6.45, 7) is 4.19. The first-order chi connectivity index (χ1) is 14.3. The molecule has 0 radical (unpaired) electrons. The van der Waals surface area contributed by atoms with E-state index in [0.29, 0.717) is 36.7 Å². The molecule has 1 aromatic carbocycles. The molecular weight excluding hydrogens is 424 g/mol. The SMILES string of the molecule is Cc1cccc(NC(=O)[C@H]2CCCN(S(=O)(=O)c3cc(-c4noc(C)n4)cs3)C2)c1. The summed E-state index contributed by atoms with van der Waals surface area (Å²) in [5.41, 5.74) is 2.37. The number of carbonyl (C=O) groups is 1. The van der Waals surface area contributed by atoms with Crippen LogP contribution in [0.3, 0.4) is 0 Å². The molecule has 0 spiro atoms. The van der Waals surface area contributed by atoms with Gasteiger partial charge < -0.3 is 9.84 Å². The Labute approximate surface area is 179 Å². The molecule has 10 heteroatoms. The first-order valence-corrected chi connectivity index (χ1v) is 11.9. The van der Waals surface area contributed by atoms with E-state index in [0.717, 1.165) is 22.6 Å². The number of carbonyl (C=O) groups excluding carboxylic acids is 1. The molecule has 0 saturated carbocycles. The minimum absolute atomic E-state index is 0.158. The minimum atomic E-state index is -3.70. The summed E-state index contributed by atoms with van der Waals surface area (Å²) in [4.78, 5) is 16.9. The Morgan fingerprint density at radius 2 is 2.13 bits per heavy atom. The molecule has 0 aliphatic carbocycles. The molecule has 1 saturated heterocycles. The maximum atomic E-state index is 13.1. The lowest BCUT2D eigenvalue weighted by Crippen LogP contribution is -2.43. The number of amides is 1. The van der Waals surface area contributed by atoms with Crippen molar-refractivity contribution in [2.75, 3.05) is 18.4 Å². The molecule has 3 aromatic rings. The van der Waals surface area contributed by atoms with E-state index in [2.05, 4.69) is 15.5 Å². The molecule has 1 aliphatic rings. The highest BCUT2D eigenvalue weighted by Gasteiger charge is 2.34. The fraction of sp³-hybridized carbons (Fsp3) is 0.350. The molecule has 1 atom stereocenters. The maximum Gasteiger partial charge on any atom is 0.252 e. The van der Waals surface area contributed by atoms with Crippen LogP contribution in [0.2, 0.25) is 0 Å². The van der Waals surface area contributed by atoms with E-state index >= 15 is 0 Å². The van der Waals surface area contributed by atoms with E-state index in [4.69, 9.17) is 4.52 Å². The van der Waals surface area contributed by atoms with Crippen molar-refractivity contribution in [3.05, 3.63) is 47.2 Å². The number of benzene rings is 1. The van der Waals surface area contributed by atoms with Gasteiger partial charge in [-0.25, -0.2) is 8.42 Å². The summed E-state index contributed by atoms with van der Waals surface area (Å²) in [6, 6.07) is 9.11. The number of aromatic nitrogens is 2. The van der Waals surface area contributed by atoms with Gasteiger partial charge in [0.15, 0.2) is 0 Å². The van der Waals surface area contributed by atoms with Crippen molar-refractivity contribution in [2.45, 2.75) is 30.9 Å². The molecule has 8 nitrogen and oxygen atoms in total. The molecule has 4 rings (SSSR count). The van der Waals surface area contributed by atoms with Crippen LogP contribution < -0.4 is 5.32 Å². The van der Waals surface area contributed by atoms with Gasteiger partial charge in [0.2, 0.25) is 17.6 Å². The number of hydrogen-bond donors (Lipinski definition) is 1. The van der Waals surface area contributed by atoms with Gasteiger partial charge in [-0.05, 0) is 43.5 Å². The van der Waals surface area contributed by atoms with E-state index in [1.165, 1.54) is 4.31 Å². The number of rotatable bonds is 5. The van der Waals surface area contributed by atoms with Crippen molar-refractivity contribution in [2.24, 2.45) is 5.92 Å². The first kappa shape index (κ1) is 20.7. The Hall–Kier alpha value is -2.56. The second-order valence-electron chi connectivity index (χ2n) is 7.35. The zero-order valence-corrected chi connectivity index (χ0v) is 18.3.